The van der Waals surface area contributed by atoms with E-state index in [1.165, 1.54) is 0 Å². The fourth-order valence-electron chi connectivity index (χ4n) is 2.94. The van der Waals surface area contributed by atoms with Gasteiger partial charge in [0.2, 0.25) is 5.91 Å². The highest BCUT2D eigenvalue weighted by Crippen LogP contribution is 2.22. The van der Waals surface area contributed by atoms with Crippen LogP contribution in [0.25, 0.3) is 0 Å². The van der Waals surface area contributed by atoms with Gasteiger partial charge in [0, 0.05) is 18.2 Å². The van der Waals surface area contributed by atoms with Crippen molar-refractivity contribution in [3.05, 3.63) is 11.8 Å². The van der Waals surface area contributed by atoms with Crippen molar-refractivity contribution in [1.82, 2.24) is 10.1 Å². The summed E-state index contributed by atoms with van der Waals surface area (Å²) in [4.78, 5) is 14.4. The van der Waals surface area contributed by atoms with Crippen molar-refractivity contribution in [2.24, 2.45) is 5.73 Å². The molecule has 0 aromatic carbocycles. The second kappa shape index (κ2) is 7.56. The van der Waals surface area contributed by atoms with Crippen LogP contribution < -0.4 is 11.1 Å². The molecule has 0 bridgehead atoms. The highest BCUT2D eigenvalue weighted by Gasteiger charge is 2.25. The van der Waals surface area contributed by atoms with Crippen molar-refractivity contribution < 1.29 is 9.32 Å². The largest absolute Gasteiger partial charge is 0.360 e. The van der Waals surface area contributed by atoms with E-state index in [0.29, 0.717) is 30.2 Å². The molecule has 21 heavy (non-hydrogen) atoms. The van der Waals surface area contributed by atoms with E-state index in [1.54, 1.807) is 13.0 Å². The van der Waals surface area contributed by atoms with Crippen LogP contribution >= 0.6 is 0 Å². The van der Waals surface area contributed by atoms with E-state index in [-0.39, 0.29) is 5.91 Å². The quantitative estimate of drug-likeness (QED) is 0.837. The van der Waals surface area contributed by atoms with Gasteiger partial charge in [-0.2, -0.15) is 0 Å². The molecule has 1 aromatic rings. The summed E-state index contributed by atoms with van der Waals surface area (Å²) in [7, 11) is 0. The van der Waals surface area contributed by atoms with Gasteiger partial charge < -0.3 is 15.6 Å². The third-order valence-corrected chi connectivity index (χ3v) is 4.01. The van der Waals surface area contributed by atoms with E-state index in [2.05, 4.69) is 22.3 Å². The summed E-state index contributed by atoms with van der Waals surface area (Å²) >= 11 is 0. The standard InChI is InChI=1S/C15H26N4O2/c1-3-8-19(13-6-4-12(16)5-7-13)10-15(20)17-14-9-11(2)21-18-14/h9,12-13H,3-8,10,16H2,1-2H3,(H,17,18,20). The molecule has 1 heterocycles. The number of amides is 1. The lowest BCUT2D eigenvalue weighted by Gasteiger charge is -2.35. The number of carbonyl (C=O) groups excluding carboxylic acids is 1. The van der Waals surface area contributed by atoms with Gasteiger partial charge in [-0.25, -0.2) is 0 Å². The topological polar surface area (TPSA) is 84.4 Å². The number of carbonyl (C=O) groups is 1. The van der Waals surface area contributed by atoms with Crippen LogP contribution in [-0.4, -0.2) is 41.1 Å². The molecule has 6 nitrogen and oxygen atoms in total. The monoisotopic (exact) mass is 294 g/mol. The van der Waals surface area contributed by atoms with Crippen LogP contribution in [0.1, 0.15) is 44.8 Å². The van der Waals surface area contributed by atoms with E-state index < -0.39 is 0 Å². The van der Waals surface area contributed by atoms with Crippen LogP contribution in [-0.2, 0) is 4.79 Å². The van der Waals surface area contributed by atoms with Gasteiger partial charge in [-0.1, -0.05) is 12.1 Å². The van der Waals surface area contributed by atoms with Crippen LogP contribution in [0.2, 0.25) is 0 Å². The average molecular weight is 294 g/mol. The van der Waals surface area contributed by atoms with Gasteiger partial charge in [-0.05, 0) is 45.6 Å². The number of anilines is 1. The average Bonchev–Trinajstić information content (AvgIpc) is 2.84. The third-order valence-electron chi connectivity index (χ3n) is 4.01. The Labute approximate surface area is 126 Å². The molecule has 1 fully saturated rings. The van der Waals surface area contributed by atoms with Crippen LogP contribution in [0.3, 0.4) is 0 Å². The first kappa shape index (κ1) is 16.0. The SMILES string of the molecule is CCCN(CC(=O)Nc1cc(C)on1)C1CCC(N)CC1. The zero-order valence-electron chi connectivity index (χ0n) is 13.0. The molecule has 3 N–H and O–H groups in total. The first-order valence-corrected chi connectivity index (χ1v) is 7.81. The fourth-order valence-corrected chi connectivity index (χ4v) is 2.94. The minimum atomic E-state index is -0.0355. The molecule has 0 saturated heterocycles. The zero-order chi connectivity index (χ0) is 15.2. The maximum atomic E-state index is 12.2. The van der Waals surface area contributed by atoms with Crippen molar-refractivity contribution in [2.75, 3.05) is 18.4 Å². The number of hydrogen-bond donors (Lipinski definition) is 2. The predicted octanol–water partition coefficient (Wildman–Crippen LogP) is 1.90. The fraction of sp³-hybridized carbons (Fsp3) is 0.733. The van der Waals surface area contributed by atoms with Crippen molar-refractivity contribution in [3.63, 3.8) is 0 Å². The molecule has 1 saturated carbocycles. The molecule has 0 atom stereocenters. The van der Waals surface area contributed by atoms with Crippen molar-refractivity contribution in [2.45, 2.75) is 58.0 Å². The molecule has 1 aliphatic rings. The number of aryl methyl sites for hydroxylation is 1. The minimum absolute atomic E-state index is 0.0355. The Balaban J connectivity index is 1.87. The van der Waals surface area contributed by atoms with Crippen molar-refractivity contribution in [3.8, 4) is 0 Å². The number of aromatic nitrogens is 1. The summed E-state index contributed by atoms with van der Waals surface area (Å²) < 4.78 is 4.95. The second-order valence-corrected chi connectivity index (χ2v) is 5.91. The highest BCUT2D eigenvalue weighted by atomic mass is 16.5. The predicted molar refractivity (Wildman–Crippen MR) is 82.0 cm³/mol. The minimum Gasteiger partial charge on any atom is -0.360 e. The number of hydrogen-bond acceptors (Lipinski definition) is 5. The van der Waals surface area contributed by atoms with E-state index in [1.807, 2.05) is 0 Å². The van der Waals surface area contributed by atoms with E-state index in [4.69, 9.17) is 10.3 Å². The molecule has 0 radical (unpaired) electrons. The molecule has 1 amide bonds. The molecule has 1 aromatic heterocycles. The van der Waals surface area contributed by atoms with Gasteiger partial charge in [-0.15, -0.1) is 0 Å². The Morgan fingerprint density at radius 1 is 1.48 bits per heavy atom. The summed E-state index contributed by atoms with van der Waals surface area (Å²) in [6.07, 6.45) is 5.30. The number of nitrogens with zero attached hydrogens (tertiary/aromatic N) is 2. The Bertz CT molecular complexity index is 452. The van der Waals surface area contributed by atoms with Crippen LogP contribution in [0.5, 0.6) is 0 Å². The van der Waals surface area contributed by atoms with E-state index >= 15 is 0 Å². The second-order valence-electron chi connectivity index (χ2n) is 5.91. The van der Waals surface area contributed by atoms with Gasteiger partial charge in [0.25, 0.3) is 0 Å². The highest BCUT2D eigenvalue weighted by molar-refractivity contribution is 5.91. The van der Waals surface area contributed by atoms with E-state index in [0.717, 1.165) is 38.6 Å². The summed E-state index contributed by atoms with van der Waals surface area (Å²) in [5.74, 6) is 1.14. The first-order valence-electron chi connectivity index (χ1n) is 7.81. The molecule has 2 rings (SSSR count). The zero-order valence-corrected chi connectivity index (χ0v) is 13.0. The molecule has 0 unspecified atom stereocenters. The van der Waals surface area contributed by atoms with Crippen LogP contribution in [0.15, 0.2) is 10.6 Å². The molecule has 0 spiro atoms. The Hall–Kier alpha value is -1.40. The number of nitrogens with two attached hydrogens (primary N) is 1. The lowest BCUT2D eigenvalue weighted by atomic mass is 9.90. The molecular formula is C15H26N4O2. The van der Waals surface area contributed by atoms with Gasteiger partial charge in [0.15, 0.2) is 5.82 Å². The van der Waals surface area contributed by atoms with Gasteiger partial charge in [-0.3, -0.25) is 9.69 Å². The molecule has 1 aliphatic carbocycles. The molecule has 6 heteroatoms. The lowest BCUT2D eigenvalue weighted by Crippen LogP contribution is -2.44. The van der Waals surface area contributed by atoms with Crippen molar-refractivity contribution in [1.29, 1.82) is 0 Å². The Morgan fingerprint density at radius 2 is 2.19 bits per heavy atom. The summed E-state index contributed by atoms with van der Waals surface area (Å²) in [5.41, 5.74) is 5.96. The Morgan fingerprint density at radius 3 is 2.76 bits per heavy atom. The number of rotatable bonds is 6. The summed E-state index contributed by atoms with van der Waals surface area (Å²) in [6, 6.07) is 2.52. The van der Waals surface area contributed by atoms with Crippen LogP contribution in [0.4, 0.5) is 5.82 Å². The van der Waals surface area contributed by atoms with Crippen molar-refractivity contribution >= 4 is 11.7 Å². The van der Waals surface area contributed by atoms with Gasteiger partial charge in [0.05, 0.1) is 6.54 Å². The van der Waals surface area contributed by atoms with Gasteiger partial charge in [0.1, 0.15) is 5.76 Å². The third kappa shape index (κ3) is 4.82. The maximum Gasteiger partial charge on any atom is 0.239 e. The molecule has 0 aliphatic heterocycles. The van der Waals surface area contributed by atoms with Crippen LogP contribution in [0, 0.1) is 6.92 Å². The number of nitrogens with one attached hydrogen (secondary N) is 1. The normalized spacial score (nSPS) is 22.5. The Kier molecular flexibility index (Phi) is 5.76. The van der Waals surface area contributed by atoms with E-state index in [9.17, 15) is 4.79 Å². The smallest absolute Gasteiger partial charge is 0.239 e. The first-order chi connectivity index (χ1) is 10.1. The summed E-state index contributed by atoms with van der Waals surface area (Å²) in [5, 5.41) is 6.58. The molecular weight excluding hydrogens is 268 g/mol. The molecule has 118 valence electrons. The van der Waals surface area contributed by atoms with Gasteiger partial charge >= 0.3 is 0 Å². The lowest BCUT2D eigenvalue weighted by molar-refractivity contribution is -0.118. The maximum absolute atomic E-state index is 12.2. The summed E-state index contributed by atoms with van der Waals surface area (Å²) in [6.45, 7) is 5.28.